The second-order valence-electron chi connectivity index (χ2n) is 4.65. The minimum atomic E-state index is -0.463. The summed E-state index contributed by atoms with van der Waals surface area (Å²) in [7, 11) is 0. The highest BCUT2D eigenvalue weighted by atomic mass is 79.9. The predicted octanol–water partition coefficient (Wildman–Crippen LogP) is 2.72. The highest BCUT2D eigenvalue weighted by molar-refractivity contribution is 9.10. The first-order valence-electron chi connectivity index (χ1n) is 5.64. The molecule has 0 saturated carbocycles. The zero-order chi connectivity index (χ0) is 12.5. The van der Waals surface area contributed by atoms with Crippen molar-refractivity contribution in [2.45, 2.75) is 32.7 Å². The van der Waals surface area contributed by atoms with Gasteiger partial charge in [0.05, 0.1) is 6.61 Å². The Morgan fingerprint density at radius 3 is 2.94 bits per heavy atom. The summed E-state index contributed by atoms with van der Waals surface area (Å²) in [6.07, 6.45) is 1.88. The van der Waals surface area contributed by atoms with Crippen molar-refractivity contribution in [3.63, 3.8) is 0 Å². The summed E-state index contributed by atoms with van der Waals surface area (Å²) in [5.41, 5.74) is 1.16. The van der Waals surface area contributed by atoms with E-state index >= 15 is 0 Å². The molecule has 17 heavy (non-hydrogen) atoms. The Morgan fingerprint density at radius 1 is 1.59 bits per heavy atom. The van der Waals surface area contributed by atoms with Gasteiger partial charge in [-0.15, -0.1) is 0 Å². The van der Waals surface area contributed by atoms with Crippen molar-refractivity contribution in [3.05, 3.63) is 22.3 Å². The number of anilines is 1. The maximum atomic E-state index is 5.70. The van der Waals surface area contributed by atoms with Crippen molar-refractivity contribution < 1.29 is 9.47 Å². The molecular weight excluding hydrogens is 284 g/mol. The zero-order valence-corrected chi connectivity index (χ0v) is 11.9. The van der Waals surface area contributed by atoms with Crippen LogP contribution in [-0.2, 0) is 9.47 Å². The van der Waals surface area contributed by atoms with Gasteiger partial charge < -0.3 is 14.8 Å². The average Bonchev–Trinajstić information content (AvgIpc) is 2.60. The summed E-state index contributed by atoms with van der Waals surface area (Å²) in [5, 5.41) is 3.26. The van der Waals surface area contributed by atoms with Crippen molar-refractivity contribution in [3.8, 4) is 0 Å². The maximum absolute atomic E-state index is 5.70. The molecule has 94 valence electrons. The van der Waals surface area contributed by atoms with Crippen LogP contribution in [0.15, 0.2) is 16.7 Å². The summed E-state index contributed by atoms with van der Waals surface area (Å²) in [6.45, 7) is 7.21. The number of hydrogen-bond acceptors (Lipinski definition) is 4. The Bertz CT molecular complexity index is 409. The fourth-order valence-electron chi connectivity index (χ4n) is 1.72. The molecule has 2 heterocycles. The van der Waals surface area contributed by atoms with E-state index in [1.807, 2.05) is 26.8 Å². The third-order valence-corrected chi connectivity index (χ3v) is 3.46. The molecule has 4 nitrogen and oxygen atoms in total. The number of aryl methyl sites for hydroxylation is 1. The SMILES string of the molecule is Cc1cc(NCC2COC(C)(C)O2)ncc1Br. The molecule has 0 aromatic carbocycles. The van der Waals surface area contributed by atoms with E-state index in [1.165, 1.54) is 0 Å². The molecule has 0 amide bonds. The number of rotatable bonds is 3. The quantitative estimate of drug-likeness (QED) is 0.932. The number of hydrogen-bond donors (Lipinski definition) is 1. The third kappa shape index (κ3) is 3.40. The normalized spacial score (nSPS) is 22.7. The van der Waals surface area contributed by atoms with Crippen LogP contribution in [0.5, 0.6) is 0 Å². The van der Waals surface area contributed by atoms with Crippen LogP contribution in [0.3, 0.4) is 0 Å². The van der Waals surface area contributed by atoms with E-state index in [2.05, 4.69) is 26.2 Å². The molecule has 1 aliphatic heterocycles. The Hall–Kier alpha value is -0.650. The van der Waals surface area contributed by atoms with Gasteiger partial charge in [-0.3, -0.25) is 0 Å². The first-order valence-corrected chi connectivity index (χ1v) is 6.43. The predicted molar refractivity (Wildman–Crippen MR) is 70.1 cm³/mol. The monoisotopic (exact) mass is 300 g/mol. The van der Waals surface area contributed by atoms with Crippen molar-refractivity contribution in [2.24, 2.45) is 0 Å². The smallest absolute Gasteiger partial charge is 0.163 e. The fraction of sp³-hybridized carbons (Fsp3) is 0.583. The molecule has 1 unspecified atom stereocenters. The Balaban J connectivity index is 1.88. The Kier molecular flexibility index (Phi) is 3.70. The van der Waals surface area contributed by atoms with Crippen molar-refractivity contribution >= 4 is 21.7 Å². The summed E-state index contributed by atoms with van der Waals surface area (Å²) in [4.78, 5) is 4.28. The first kappa shape index (κ1) is 12.8. The largest absolute Gasteiger partial charge is 0.367 e. The maximum Gasteiger partial charge on any atom is 0.163 e. The van der Waals surface area contributed by atoms with Gasteiger partial charge in [0.1, 0.15) is 11.9 Å². The van der Waals surface area contributed by atoms with E-state index in [9.17, 15) is 0 Å². The van der Waals surface area contributed by atoms with E-state index in [0.717, 1.165) is 15.9 Å². The lowest BCUT2D eigenvalue weighted by atomic mass is 10.3. The van der Waals surface area contributed by atoms with Crippen LogP contribution in [0.1, 0.15) is 19.4 Å². The molecule has 0 spiro atoms. The minimum Gasteiger partial charge on any atom is -0.367 e. The van der Waals surface area contributed by atoms with Gasteiger partial charge in [0.2, 0.25) is 0 Å². The average molecular weight is 301 g/mol. The number of pyridine rings is 1. The van der Waals surface area contributed by atoms with Crippen molar-refractivity contribution in [1.82, 2.24) is 4.98 Å². The molecule has 1 fully saturated rings. The first-order chi connectivity index (χ1) is 7.96. The molecule has 1 N–H and O–H groups in total. The van der Waals surface area contributed by atoms with E-state index in [4.69, 9.17) is 9.47 Å². The lowest BCUT2D eigenvalue weighted by Crippen LogP contribution is -2.26. The highest BCUT2D eigenvalue weighted by Crippen LogP contribution is 2.23. The van der Waals surface area contributed by atoms with Gasteiger partial charge in [-0.05, 0) is 48.3 Å². The summed E-state index contributed by atoms with van der Waals surface area (Å²) in [5.74, 6) is 0.397. The molecular formula is C12H17BrN2O2. The van der Waals surface area contributed by atoms with Gasteiger partial charge >= 0.3 is 0 Å². The van der Waals surface area contributed by atoms with Gasteiger partial charge in [0, 0.05) is 17.2 Å². The molecule has 1 aliphatic rings. The summed E-state index contributed by atoms with van der Waals surface area (Å²) < 4.78 is 12.2. The molecule has 1 aromatic heterocycles. The summed E-state index contributed by atoms with van der Waals surface area (Å²) >= 11 is 3.43. The molecule has 0 radical (unpaired) electrons. The standard InChI is InChI=1S/C12H17BrN2O2/c1-8-4-11(15-6-10(8)13)14-5-9-7-16-12(2,3)17-9/h4,6,9H,5,7H2,1-3H3,(H,14,15). The zero-order valence-electron chi connectivity index (χ0n) is 10.3. The second-order valence-corrected chi connectivity index (χ2v) is 5.50. The lowest BCUT2D eigenvalue weighted by Gasteiger charge is -2.17. The van der Waals surface area contributed by atoms with Crippen molar-refractivity contribution in [1.29, 1.82) is 0 Å². The number of ether oxygens (including phenoxy) is 2. The van der Waals surface area contributed by atoms with Crippen LogP contribution in [0, 0.1) is 6.92 Å². The Morgan fingerprint density at radius 2 is 2.35 bits per heavy atom. The van der Waals surface area contributed by atoms with E-state index < -0.39 is 5.79 Å². The molecule has 0 bridgehead atoms. The summed E-state index contributed by atoms with van der Waals surface area (Å²) in [6, 6.07) is 2.00. The molecule has 1 aromatic rings. The minimum absolute atomic E-state index is 0.0794. The Labute approximate surface area is 110 Å². The third-order valence-electron chi connectivity index (χ3n) is 2.63. The topological polar surface area (TPSA) is 43.4 Å². The van der Waals surface area contributed by atoms with Crippen LogP contribution in [-0.4, -0.2) is 30.0 Å². The lowest BCUT2D eigenvalue weighted by molar-refractivity contribution is -0.136. The molecule has 0 aliphatic carbocycles. The van der Waals surface area contributed by atoms with Crippen LogP contribution in [0.4, 0.5) is 5.82 Å². The van der Waals surface area contributed by atoms with Crippen LogP contribution in [0.2, 0.25) is 0 Å². The van der Waals surface area contributed by atoms with E-state index in [-0.39, 0.29) is 6.10 Å². The van der Waals surface area contributed by atoms with Gasteiger partial charge in [0.15, 0.2) is 5.79 Å². The molecule has 1 saturated heterocycles. The molecule has 1 atom stereocenters. The number of halogens is 1. The van der Waals surface area contributed by atoms with Crippen LogP contribution >= 0.6 is 15.9 Å². The van der Waals surface area contributed by atoms with Gasteiger partial charge in [-0.25, -0.2) is 4.98 Å². The fourth-order valence-corrected chi connectivity index (χ4v) is 1.93. The molecule has 2 rings (SSSR count). The van der Waals surface area contributed by atoms with E-state index in [1.54, 1.807) is 6.20 Å². The number of nitrogens with one attached hydrogen (secondary N) is 1. The van der Waals surface area contributed by atoms with E-state index in [0.29, 0.717) is 13.2 Å². The highest BCUT2D eigenvalue weighted by Gasteiger charge is 2.32. The van der Waals surface area contributed by atoms with Gasteiger partial charge in [-0.2, -0.15) is 0 Å². The number of aromatic nitrogens is 1. The second kappa shape index (κ2) is 4.92. The van der Waals surface area contributed by atoms with Crippen LogP contribution in [0.25, 0.3) is 0 Å². The van der Waals surface area contributed by atoms with Gasteiger partial charge in [-0.1, -0.05) is 0 Å². The van der Waals surface area contributed by atoms with Crippen molar-refractivity contribution in [2.75, 3.05) is 18.5 Å². The van der Waals surface area contributed by atoms with Gasteiger partial charge in [0.25, 0.3) is 0 Å². The van der Waals surface area contributed by atoms with Crippen LogP contribution < -0.4 is 5.32 Å². The molecule has 5 heteroatoms. The number of nitrogens with zero attached hydrogens (tertiary/aromatic N) is 1.